The zero-order valence-electron chi connectivity index (χ0n) is 24.9. The lowest BCUT2D eigenvalue weighted by Crippen LogP contribution is -2.57. The molecule has 3 nitrogen and oxygen atoms in total. The highest BCUT2D eigenvalue weighted by Crippen LogP contribution is 2.45. The first-order chi connectivity index (χ1) is 22.8. The zero-order valence-corrected chi connectivity index (χ0v) is 24.9. The van der Waals surface area contributed by atoms with Gasteiger partial charge in [-0.2, -0.15) is 0 Å². The summed E-state index contributed by atoms with van der Waals surface area (Å²) < 4.78 is 13.9. The Kier molecular flexibility index (Phi) is 5.37. The van der Waals surface area contributed by atoms with Crippen LogP contribution in [0.2, 0.25) is 0 Å². The molecule has 8 aromatic rings. The molecule has 0 bridgehead atoms. The zero-order chi connectivity index (χ0) is 30.2. The van der Waals surface area contributed by atoms with E-state index in [0.29, 0.717) is 0 Å². The molecule has 0 spiro atoms. The van der Waals surface area contributed by atoms with Gasteiger partial charge >= 0.3 is 0 Å². The van der Waals surface area contributed by atoms with Gasteiger partial charge in [0.25, 0.3) is 6.71 Å². The van der Waals surface area contributed by atoms with Gasteiger partial charge in [-0.1, -0.05) is 115 Å². The number of rotatable bonds is 3. The topological polar surface area (TPSA) is 21.7 Å². The van der Waals surface area contributed by atoms with Gasteiger partial charge in [0.15, 0.2) is 0 Å². The van der Waals surface area contributed by atoms with Gasteiger partial charge in [0, 0.05) is 34.4 Å². The van der Waals surface area contributed by atoms with Crippen molar-refractivity contribution in [1.29, 1.82) is 0 Å². The van der Waals surface area contributed by atoms with Crippen LogP contribution in [0.5, 0.6) is 23.0 Å². The summed E-state index contributed by atoms with van der Waals surface area (Å²) in [5.74, 6) is 3.44. The van der Waals surface area contributed by atoms with Crippen molar-refractivity contribution in [3.05, 3.63) is 158 Å². The molecular weight excluding hydrogens is 561 g/mol. The van der Waals surface area contributed by atoms with Crippen molar-refractivity contribution in [2.75, 3.05) is 4.90 Å². The van der Waals surface area contributed by atoms with Crippen LogP contribution in [0.15, 0.2) is 158 Å². The minimum absolute atomic E-state index is 0.0342. The van der Waals surface area contributed by atoms with E-state index in [1.54, 1.807) is 0 Å². The van der Waals surface area contributed by atoms with Gasteiger partial charge in [-0.05, 0) is 68.2 Å². The minimum Gasteiger partial charge on any atom is -0.458 e. The third-order valence-corrected chi connectivity index (χ3v) is 9.52. The van der Waals surface area contributed by atoms with Crippen molar-refractivity contribution < 1.29 is 9.47 Å². The number of para-hydroxylation sites is 2. The summed E-state index contributed by atoms with van der Waals surface area (Å²) in [5, 5.41) is 7.15. The SMILES string of the molecule is c1ccc(N(c2cc3c4c(c2)Oc2c(c5ccccc5c5ccccc25)B4c2ccccc2O3)c2ccc3ccccc3c2)cc1. The molecule has 0 unspecified atom stereocenters. The molecule has 0 amide bonds. The quantitative estimate of drug-likeness (QED) is 0.152. The van der Waals surface area contributed by atoms with Gasteiger partial charge < -0.3 is 14.4 Å². The molecule has 2 aliphatic rings. The Morgan fingerprint density at radius 1 is 0.391 bits per heavy atom. The van der Waals surface area contributed by atoms with Crippen molar-refractivity contribution in [2.45, 2.75) is 0 Å². The van der Waals surface area contributed by atoms with E-state index in [-0.39, 0.29) is 6.71 Å². The molecule has 0 radical (unpaired) electrons. The highest BCUT2D eigenvalue weighted by Gasteiger charge is 2.42. The van der Waals surface area contributed by atoms with Crippen LogP contribution in [0.3, 0.4) is 0 Å². The maximum Gasteiger partial charge on any atom is 0.261 e. The smallest absolute Gasteiger partial charge is 0.261 e. The molecule has 2 heterocycles. The number of hydrogen-bond acceptors (Lipinski definition) is 3. The van der Waals surface area contributed by atoms with E-state index < -0.39 is 0 Å². The molecule has 0 aliphatic carbocycles. The molecule has 0 aromatic heterocycles. The van der Waals surface area contributed by atoms with Gasteiger partial charge in [-0.25, -0.2) is 0 Å². The summed E-state index contributed by atoms with van der Waals surface area (Å²) in [7, 11) is 0. The van der Waals surface area contributed by atoms with Crippen LogP contribution in [-0.2, 0) is 0 Å². The molecule has 0 atom stereocenters. The molecule has 214 valence electrons. The summed E-state index contributed by atoms with van der Waals surface area (Å²) in [6, 6.07) is 55.8. The van der Waals surface area contributed by atoms with Gasteiger partial charge in [0.2, 0.25) is 0 Å². The lowest BCUT2D eigenvalue weighted by atomic mass is 9.34. The Bertz CT molecular complexity index is 2510. The van der Waals surface area contributed by atoms with Crippen molar-refractivity contribution >= 4 is 72.5 Å². The van der Waals surface area contributed by atoms with E-state index in [4.69, 9.17) is 9.47 Å². The average Bonchev–Trinajstić information content (AvgIpc) is 3.12. The van der Waals surface area contributed by atoms with Crippen molar-refractivity contribution in [2.24, 2.45) is 0 Å². The lowest BCUT2D eigenvalue weighted by molar-refractivity contribution is 0.467. The second-order valence-corrected chi connectivity index (χ2v) is 12.1. The summed E-state index contributed by atoms with van der Waals surface area (Å²) >= 11 is 0. The number of nitrogens with zero attached hydrogens (tertiary/aromatic N) is 1. The van der Waals surface area contributed by atoms with Gasteiger partial charge in [0.1, 0.15) is 23.0 Å². The summed E-state index contributed by atoms with van der Waals surface area (Å²) in [4.78, 5) is 2.29. The largest absolute Gasteiger partial charge is 0.458 e. The first-order valence-corrected chi connectivity index (χ1v) is 15.7. The fraction of sp³-hybridized carbons (Fsp3) is 0. The number of benzene rings is 8. The number of anilines is 3. The van der Waals surface area contributed by atoms with E-state index >= 15 is 0 Å². The monoisotopic (exact) mass is 587 g/mol. The summed E-state index contributed by atoms with van der Waals surface area (Å²) in [6.45, 7) is -0.0342. The maximum atomic E-state index is 7.09. The van der Waals surface area contributed by atoms with Crippen molar-refractivity contribution in [1.82, 2.24) is 0 Å². The summed E-state index contributed by atoms with van der Waals surface area (Å²) in [5.41, 5.74) is 6.52. The highest BCUT2D eigenvalue weighted by molar-refractivity contribution is 6.99. The molecule has 0 saturated carbocycles. The third-order valence-electron chi connectivity index (χ3n) is 9.52. The molecule has 10 rings (SSSR count). The van der Waals surface area contributed by atoms with Gasteiger partial charge in [-0.3, -0.25) is 0 Å². The fourth-order valence-corrected chi connectivity index (χ4v) is 7.54. The molecule has 0 fully saturated rings. The van der Waals surface area contributed by atoms with Crippen molar-refractivity contribution in [3.63, 3.8) is 0 Å². The molecule has 2 aliphatic heterocycles. The molecule has 8 aromatic carbocycles. The summed E-state index contributed by atoms with van der Waals surface area (Å²) in [6.07, 6.45) is 0. The number of fused-ring (bicyclic) bond motifs is 10. The van der Waals surface area contributed by atoms with Crippen LogP contribution in [0.4, 0.5) is 17.1 Å². The Labute approximate surface area is 267 Å². The van der Waals surface area contributed by atoms with Crippen LogP contribution in [-0.4, -0.2) is 6.71 Å². The van der Waals surface area contributed by atoms with Crippen LogP contribution in [0.1, 0.15) is 0 Å². The molecule has 0 saturated heterocycles. The Balaban J connectivity index is 1.26. The predicted octanol–water partition coefficient (Wildman–Crippen LogP) is 9.34. The van der Waals surface area contributed by atoms with E-state index in [2.05, 4.69) is 163 Å². The van der Waals surface area contributed by atoms with E-state index in [9.17, 15) is 0 Å². The normalized spacial score (nSPS) is 12.7. The van der Waals surface area contributed by atoms with Crippen LogP contribution < -0.4 is 30.8 Å². The highest BCUT2D eigenvalue weighted by atomic mass is 16.5. The van der Waals surface area contributed by atoms with Crippen molar-refractivity contribution in [3.8, 4) is 23.0 Å². The van der Waals surface area contributed by atoms with Gasteiger partial charge in [0.05, 0.1) is 5.69 Å². The Hall–Kier alpha value is -6.00. The third kappa shape index (κ3) is 3.67. The average molecular weight is 587 g/mol. The Morgan fingerprint density at radius 2 is 1.02 bits per heavy atom. The fourth-order valence-electron chi connectivity index (χ4n) is 7.54. The van der Waals surface area contributed by atoms with Crippen LogP contribution in [0.25, 0.3) is 32.3 Å². The number of ether oxygens (including phenoxy) is 2. The second-order valence-electron chi connectivity index (χ2n) is 12.1. The molecule has 0 N–H and O–H groups in total. The maximum absolute atomic E-state index is 7.09. The minimum atomic E-state index is -0.0342. The standard InChI is InChI=1S/C42H26BNO2/c1-2-14-29(15-3-1)44(30-23-22-27-12-4-5-13-28(27)24-30)31-25-38-41-39(26-31)46-42-35-19-9-7-17-33(35)32-16-6-8-18-34(32)40(42)43(41)36-20-10-11-21-37(36)45-38/h1-26H. The van der Waals surface area contributed by atoms with E-state index in [1.165, 1.54) is 32.4 Å². The first kappa shape index (κ1) is 25.3. The van der Waals surface area contributed by atoms with E-state index in [0.717, 1.165) is 56.4 Å². The Morgan fingerprint density at radius 3 is 1.85 bits per heavy atom. The van der Waals surface area contributed by atoms with Crippen LogP contribution >= 0.6 is 0 Å². The predicted molar refractivity (Wildman–Crippen MR) is 191 cm³/mol. The lowest BCUT2D eigenvalue weighted by Gasteiger charge is -2.36. The van der Waals surface area contributed by atoms with Gasteiger partial charge in [-0.15, -0.1) is 0 Å². The first-order valence-electron chi connectivity index (χ1n) is 15.7. The number of hydrogen-bond donors (Lipinski definition) is 0. The molecule has 4 heteroatoms. The molecular formula is C42H26BNO2. The second kappa shape index (κ2) is 9.75. The molecule has 46 heavy (non-hydrogen) atoms. The van der Waals surface area contributed by atoms with Crippen LogP contribution in [0, 0.1) is 0 Å². The van der Waals surface area contributed by atoms with E-state index in [1.807, 2.05) is 0 Å².